The Balaban J connectivity index is 1.34. The number of hydrogen-bond acceptors (Lipinski definition) is 3. The van der Waals surface area contributed by atoms with E-state index >= 15 is 0 Å². The van der Waals surface area contributed by atoms with Gasteiger partial charge in [-0.05, 0) is 84.8 Å². The fraction of sp³-hybridized carbons (Fsp3) is 0.310. The number of likely N-dealkylation sites (tertiary alicyclic amines) is 1. The third-order valence-corrected chi connectivity index (χ3v) is 6.33. The largest absolute Gasteiger partial charge is 0.494 e. The molecule has 1 unspecified atom stereocenters. The highest BCUT2D eigenvalue weighted by Gasteiger charge is 2.19. The van der Waals surface area contributed by atoms with E-state index in [9.17, 15) is 13.9 Å². The Labute approximate surface area is 200 Å². The molecule has 1 aliphatic rings. The lowest BCUT2D eigenvalue weighted by atomic mass is 9.88. The van der Waals surface area contributed by atoms with Crippen LogP contribution in [0.1, 0.15) is 49.0 Å². The molecule has 0 spiro atoms. The molecule has 0 radical (unpaired) electrons. The van der Waals surface area contributed by atoms with Gasteiger partial charge >= 0.3 is 0 Å². The van der Waals surface area contributed by atoms with E-state index in [1.807, 2.05) is 24.3 Å². The Bertz CT molecular complexity index is 1030. The van der Waals surface area contributed by atoms with Gasteiger partial charge in [-0.3, -0.25) is 0 Å². The van der Waals surface area contributed by atoms with E-state index in [-0.39, 0.29) is 11.6 Å². The van der Waals surface area contributed by atoms with Crippen molar-refractivity contribution in [1.82, 2.24) is 4.90 Å². The number of benzene rings is 3. The first-order valence-corrected chi connectivity index (χ1v) is 11.9. The van der Waals surface area contributed by atoms with Crippen molar-refractivity contribution < 1.29 is 18.6 Å². The summed E-state index contributed by atoms with van der Waals surface area (Å²) in [5, 5.41) is 9.60. The molecule has 34 heavy (non-hydrogen) atoms. The van der Waals surface area contributed by atoms with Crippen molar-refractivity contribution in [2.75, 3.05) is 26.2 Å². The molecule has 4 rings (SSSR count). The quantitative estimate of drug-likeness (QED) is 0.393. The standard InChI is InChI=1S/C29H31F2NO2/c1-21(33)22-7-13-28(14-8-22)34-20-2-17-32-18-15-25(16-19-32)29(23-3-9-26(30)10-4-23)24-5-11-27(31)12-6-24/h3-14,21,33H,2,15-20H2,1H3. The molecule has 0 bridgehead atoms. The average Bonchev–Trinajstić information content (AvgIpc) is 2.85. The van der Waals surface area contributed by atoms with Gasteiger partial charge in [0.1, 0.15) is 17.4 Å². The number of nitrogens with zero attached hydrogens (tertiary/aromatic N) is 1. The second-order valence-electron chi connectivity index (χ2n) is 8.78. The van der Waals surface area contributed by atoms with Gasteiger partial charge in [-0.1, -0.05) is 42.0 Å². The zero-order valence-electron chi connectivity index (χ0n) is 19.5. The second-order valence-corrected chi connectivity index (χ2v) is 8.78. The van der Waals surface area contributed by atoms with E-state index in [0.29, 0.717) is 6.61 Å². The monoisotopic (exact) mass is 463 g/mol. The predicted octanol–water partition coefficient (Wildman–Crippen LogP) is 6.38. The predicted molar refractivity (Wildman–Crippen MR) is 132 cm³/mol. The maximum absolute atomic E-state index is 13.5. The van der Waals surface area contributed by atoms with Crippen molar-refractivity contribution in [3.63, 3.8) is 0 Å². The summed E-state index contributed by atoms with van der Waals surface area (Å²) in [5.74, 6) is 0.294. The molecule has 0 saturated carbocycles. The van der Waals surface area contributed by atoms with Crippen LogP contribution in [-0.2, 0) is 0 Å². The Morgan fingerprint density at radius 1 is 0.853 bits per heavy atom. The van der Waals surface area contributed by atoms with Crippen molar-refractivity contribution in [1.29, 1.82) is 0 Å². The molecule has 1 heterocycles. The molecule has 1 atom stereocenters. The van der Waals surface area contributed by atoms with Gasteiger partial charge < -0.3 is 14.7 Å². The van der Waals surface area contributed by atoms with Crippen molar-refractivity contribution in [2.45, 2.75) is 32.3 Å². The maximum atomic E-state index is 13.5. The smallest absolute Gasteiger partial charge is 0.123 e. The molecular formula is C29H31F2NO2. The minimum Gasteiger partial charge on any atom is -0.494 e. The lowest BCUT2D eigenvalue weighted by Gasteiger charge is -2.30. The molecule has 1 saturated heterocycles. The summed E-state index contributed by atoms with van der Waals surface area (Å²) in [6, 6.07) is 20.7. The SMILES string of the molecule is CC(O)c1ccc(OCCCN2CCC(=C(c3ccc(F)cc3)c3ccc(F)cc3)CC2)cc1. The van der Waals surface area contributed by atoms with Gasteiger partial charge in [0, 0.05) is 19.6 Å². The van der Waals surface area contributed by atoms with Gasteiger partial charge in [0.2, 0.25) is 0 Å². The number of aliphatic hydroxyl groups excluding tert-OH is 1. The first-order valence-electron chi connectivity index (χ1n) is 11.9. The summed E-state index contributed by atoms with van der Waals surface area (Å²) in [7, 11) is 0. The lowest BCUT2D eigenvalue weighted by Crippen LogP contribution is -2.32. The number of rotatable bonds is 8. The fourth-order valence-corrected chi connectivity index (χ4v) is 4.43. The highest BCUT2D eigenvalue weighted by molar-refractivity contribution is 5.82. The summed E-state index contributed by atoms with van der Waals surface area (Å²) >= 11 is 0. The Kier molecular flexibility index (Phi) is 8.09. The van der Waals surface area contributed by atoms with Crippen LogP contribution in [0.2, 0.25) is 0 Å². The van der Waals surface area contributed by atoms with Crippen LogP contribution in [-0.4, -0.2) is 36.2 Å². The van der Waals surface area contributed by atoms with E-state index in [1.165, 1.54) is 29.8 Å². The van der Waals surface area contributed by atoms with Crippen LogP contribution in [0.4, 0.5) is 8.78 Å². The van der Waals surface area contributed by atoms with E-state index in [0.717, 1.165) is 66.9 Å². The molecule has 3 aromatic rings. The normalized spacial score (nSPS) is 15.2. The van der Waals surface area contributed by atoms with Crippen LogP contribution in [0.25, 0.3) is 5.57 Å². The summed E-state index contributed by atoms with van der Waals surface area (Å²) in [6.07, 6.45) is 2.30. The molecule has 3 aromatic carbocycles. The lowest BCUT2D eigenvalue weighted by molar-refractivity contribution is 0.199. The van der Waals surface area contributed by atoms with Crippen molar-refractivity contribution in [3.8, 4) is 5.75 Å². The Morgan fingerprint density at radius 3 is 1.88 bits per heavy atom. The third kappa shape index (κ3) is 6.31. The number of aliphatic hydroxyl groups is 1. The number of piperidine rings is 1. The number of halogens is 2. The van der Waals surface area contributed by atoms with Gasteiger partial charge in [-0.2, -0.15) is 0 Å². The summed E-state index contributed by atoms with van der Waals surface area (Å²) in [6.45, 7) is 5.25. The molecule has 1 fully saturated rings. The van der Waals surface area contributed by atoms with Gasteiger partial charge in [0.15, 0.2) is 0 Å². The summed E-state index contributed by atoms with van der Waals surface area (Å²) < 4.78 is 32.9. The van der Waals surface area contributed by atoms with E-state index in [1.54, 1.807) is 31.2 Å². The van der Waals surface area contributed by atoms with Crippen LogP contribution >= 0.6 is 0 Å². The zero-order chi connectivity index (χ0) is 23.9. The maximum Gasteiger partial charge on any atom is 0.123 e. The topological polar surface area (TPSA) is 32.7 Å². The van der Waals surface area contributed by atoms with Crippen molar-refractivity contribution >= 4 is 5.57 Å². The second kappa shape index (κ2) is 11.4. The molecule has 5 heteroatoms. The van der Waals surface area contributed by atoms with E-state index in [4.69, 9.17) is 4.74 Å². The fourth-order valence-electron chi connectivity index (χ4n) is 4.43. The molecule has 0 aromatic heterocycles. The summed E-state index contributed by atoms with van der Waals surface area (Å²) in [4.78, 5) is 2.44. The number of ether oxygens (including phenoxy) is 1. The minimum atomic E-state index is -0.473. The molecule has 1 N–H and O–H groups in total. The number of hydrogen-bond donors (Lipinski definition) is 1. The highest BCUT2D eigenvalue weighted by Crippen LogP contribution is 2.32. The van der Waals surface area contributed by atoms with Crippen LogP contribution in [0.15, 0.2) is 78.4 Å². The van der Waals surface area contributed by atoms with Crippen LogP contribution in [0.3, 0.4) is 0 Å². The first kappa shape index (κ1) is 24.1. The minimum absolute atomic E-state index is 0.261. The van der Waals surface area contributed by atoms with Crippen LogP contribution < -0.4 is 4.74 Å². The van der Waals surface area contributed by atoms with Gasteiger partial charge in [0.05, 0.1) is 12.7 Å². The molecule has 1 aliphatic heterocycles. The Morgan fingerprint density at radius 2 is 1.38 bits per heavy atom. The Hall–Kier alpha value is -3.02. The summed E-state index contributed by atoms with van der Waals surface area (Å²) in [5.41, 5.74) is 5.22. The zero-order valence-corrected chi connectivity index (χ0v) is 19.5. The van der Waals surface area contributed by atoms with Gasteiger partial charge in [0.25, 0.3) is 0 Å². The first-order chi connectivity index (χ1) is 16.5. The van der Waals surface area contributed by atoms with Crippen LogP contribution in [0, 0.1) is 11.6 Å². The molecule has 178 valence electrons. The molecule has 0 amide bonds. The van der Waals surface area contributed by atoms with Crippen LogP contribution in [0.5, 0.6) is 5.75 Å². The van der Waals surface area contributed by atoms with E-state index < -0.39 is 6.10 Å². The van der Waals surface area contributed by atoms with Crippen molar-refractivity contribution in [2.24, 2.45) is 0 Å². The highest BCUT2D eigenvalue weighted by atomic mass is 19.1. The molecular weight excluding hydrogens is 432 g/mol. The van der Waals surface area contributed by atoms with E-state index in [2.05, 4.69) is 4.90 Å². The van der Waals surface area contributed by atoms with Gasteiger partial charge in [-0.25, -0.2) is 8.78 Å². The molecule has 3 nitrogen and oxygen atoms in total. The average molecular weight is 464 g/mol. The third-order valence-electron chi connectivity index (χ3n) is 6.33. The molecule has 0 aliphatic carbocycles. The van der Waals surface area contributed by atoms with Crippen molar-refractivity contribution in [3.05, 3.63) is 107 Å². The van der Waals surface area contributed by atoms with Gasteiger partial charge in [-0.15, -0.1) is 0 Å².